The Balaban J connectivity index is 1.79. The Hall–Kier alpha value is -0.870. The molecule has 2 unspecified atom stereocenters. The molecular weight excluding hydrogens is 198 g/mol. The Kier molecular flexibility index (Phi) is 2.84. The van der Waals surface area contributed by atoms with E-state index >= 15 is 0 Å². The number of hydrogen-bond donors (Lipinski definition) is 2. The van der Waals surface area contributed by atoms with E-state index in [-0.39, 0.29) is 12.0 Å². The van der Waals surface area contributed by atoms with Gasteiger partial charge < -0.3 is 10.4 Å². The Morgan fingerprint density at radius 1 is 1.64 bits per heavy atom. The van der Waals surface area contributed by atoms with Crippen molar-refractivity contribution in [2.24, 2.45) is 5.92 Å². The van der Waals surface area contributed by atoms with Crippen LogP contribution in [0.15, 0.2) is 17.5 Å². The molecule has 76 valence electrons. The number of rotatable bonds is 4. The molecule has 1 aromatic heterocycles. The lowest BCUT2D eigenvalue weighted by molar-refractivity contribution is -0.146. The van der Waals surface area contributed by atoms with Crippen LogP contribution in [0.1, 0.15) is 17.7 Å². The van der Waals surface area contributed by atoms with Crippen molar-refractivity contribution in [3.63, 3.8) is 0 Å². The number of carbonyl (C=O) groups is 1. The zero-order chi connectivity index (χ0) is 9.97. The van der Waals surface area contributed by atoms with E-state index < -0.39 is 5.97 Å². The van der Waals surface area contributed by atoms with Crippen LogP contribution in [0.3, 0.4) is 0 Å². The van der Waals surface area contributed by atoms with Gasteiger partial charge in [-0.15, -0.1) is 11.3 Å². The lowest BCUT2D eigenvalue weighted by atomic mass is 9.79. The number of aliphatic carboxylic acids is 1. The smallest absolute Gasteiger partial charge is 0.308 e. The summed E-state index contributed by atoms with van der Waals surface area (Å²) in [5.74, 6) is -0.838. The molecule has 0 amide bonds. The van der Waals surface area contributed by atoms with Crippen molar-refractivity contribution in [2.75, 3.05) is 0 Å². The minimum atomic E-state index is -0.667. The highest BCUT2D eigenvalue weighted by atomic mass is 32.1. The molecular formula is C10H13NO2S. The summed E-state index contributed by atoms with van der Waals surface area (Å²) >= 11 is 1.70. The van der Waals surface area contributed by atoms with E-state index in [1.165, 1.54) is 4.88 Å². The van der Waals surface area contributed by atoms with Gasteiger partial charge in [0.25, 0.3) is 0 Å². The summed E-state index contributed by atoms with van der Waals surface area (Å²) in [4.78, 5) is 12.0. The third kappa shape index (κ3) is 1.96. The van der Waals surface area contributed by atoms with Crippen molar-refractivity contribution >= 4 is 17.3 Å². The summed E-state index contributed by atoms with van der Waals surface area (Å²) in [6.45, 7) is 0.798. The van der Waals surface area contributed by atoms with Crippen LogP contribution in [0.4, 0.5) is 0 Å². The molecule has 0 saturated heterocycles. The second-order valence-corrected chi connectivity index (χ2v) is 4.62. The van der Waals surface area contributed by atoms with Gasteiger partial charge in [0, 0.05) is 17.5 Å². The van der Waals surface area contributed by atoms with Crippen molar-refractivity contribution in [3.8, 4) is 0 Å². The average molecular weight is 211 g/mol. The third-order valence-electron chi connectivity index (χ3n) is 2.71. The molecule has 14 heavy (non-hydrogen) atoms. The fourth-order valence-corrected chi connectivity index (χ4v) is 2.34. The van der Waals surface area contributed by atoms with Crippen molar-refractivity contribution in [3.05, 3.63) is 22.4 Å². The third-order valence-corrected chi connectivity index (χ3v) is 3.59. The second kappa shape index (κ2) is 4.11. The van der Waals surface area contributed by atoms with E-state index in [0.29, 0.717) is 0 Å². The first kappa shape index (κ1) is 9.68. The molecule has 0 radical (unpaired) electrons. The van der Waals surface area contributed by atoms with E-state index in [1.54, 1.807) is 11.3 Å². The summed E-state index contributed by atoms with van der Waals surface area (Å²) in [7, 11) is 0. The monoisotopic (exact) mass is 211 g/mol. The summed E-state index contributed by atoms with van der Waals surface area (Å²) in [5.41, 5.74) is 0. The summed E-state index contributed by atoms with van der Waals surface area (Å²) in [6, 6.07) is 4.25. The molecule has 1 aliphatic rings. The van der Waals surface area contributed by atoms with Crippen LogP contribution in [-0.2, 0) is 11.3 Å². The van der Waals surface area contributed by atoms with E-state index in [1.807, 2.05) is 11.4 Å². The van der Waals surface area contributed by atoms with Gasteiger partial charge in [-0.05, 0) is 24.3 Å². The Morgan fingerprint density at radius 2 is 2.50 bits per heavy atom. The molecule has 1 saturated carbocycles. The molecule has 2 atom stereocenters. The fourth-order valence-electron chi connectivity index (χ4n) is 1.68. The Morgan fingerprint density at radius 3 is 3.00 bits per heavy atom. The maximum absolute atomic E-state index is 10.7. The van der Waals surface area contributed by atoms with Crippen LogP contribution < -0.4 is 5.32 Å². The highest BCUT2D eigenvalue weighted by Crippen LogP contribution is 2.27. The molecule has 1 fully saturated rings. The molecule has 0 aromatic carbocycles. The fraction of sp³-hybridized carbons (Fsp3) is 0.500. The van der Waals surface area contributed by atoms with Crippen molar-refractivity contribution in [1.29, 1.82) is 0 Å². The van der Waals surface area contributed by atoms with Crippen LogP contribution in [0.25, 0.3) is 0 Å². The number of thiophene rings is 1. The molecule has 0 aliphatic heterocycles. The lowest BCUT2D eigenvalue weighted by Gasteiger charge is -2.33. The molecule has 3 nitrogen and oxygen atoms in total. The van der Waals surface area contributed by atoms with E-state index in [9.17, 15) is 4.79 Å². The van der Waals surface area contributed by atoms with Gasteiger partial charge in [0.2, 0.25) is 0 Å². The molecule has 1 aromatic rings. The number of carboxylic acid groups (broad SMARTS) is 1. The van der Waals surface area contributed by atoms with Crippen molar-refractivity contribution < 1.29 is 9.90 Å². The van der Waals surface area contributed by atoms with Gasteiger partial charge in [-0.3, -0.25) is 4.79 Å². The topological polar surface area (TPSA) is 49.3 Å². The number of nitrogens with one attached hydrogen (secondary N) is 1. The van der Waals surface area contributed by atoms with Gasteiger partial charge in [-0.2, -0.15) is 0 Å². The molecule has 0 bridgehead atoms. The first-order chi connectivity index (χ1) is 6.77. The molecule has 1 aliphatic carbocycles. The van der Waals surface area contributed by atoms with Gasteiger partial charge in [0.15, 0.2) is 0 Å². The highest BCUT2D eigenvalue weighted by molar-refractivity contribution is 7.09. The van der Waals surface area contributed by atoms with Crippen LogP contribution in [0.2, 0.25) is 0 Å². The first-order valence-corrected chi connectivity index (χ1v) is 5.64. The molecule has 4 heteroatoms. The van der Waals surface area contributed by atoms with Crippen molar-refractivity contribution in [2.45, 2.75) is 25.4 Å². The molecule has 2 rings (SSSR count). The number of carboxylic acids is 1. The Labute approximate surface area is 86.8 Å². The normalized spacial score (nSPS) is 25.7. The molecule has 0 spiro atoms. The lowest BCUT2D eigenvalue weighted by Crippen LogP contribution is -2.47. The van der Waals surface area contributed by atoms with Crippen LogP contribution in [0.5, 0.6) is 0 Å². The predicted octanol–water partition coefficient (Wildman–Crippen LogP) is 1.70. The number of hydrogen-bond acceptors (Lipinski definition) is 3. The van der Waals surface area contributed by atoms with E-state index in [4.69, 9.17) is 5.11 Å². The zero-order valence-electron chi connectivity index (χ0n) is 7.77. The largest absolute Gasteiger partial charge is 0.481 e. The maximum Gasteiger partial charge on any atom is 0.308 e. The quantitative estimate of drug-likeness (QED) is 0.797. The SMILES string of the molecule is O=C(O)C1CCC1NCc1cccs1. The van der Waals surface area contributed by atoms with Gasteiger partial charge in [0.05, 0.1) is 5.92 Å². The summed E-state index contributed by atoms with van der Waals surface area (Å²) in [6.07, 6.45) is 1.81. The van der Waals surface area contributed by atoms with Gasteiger partial charge in [0.1, 0.15) is 0 Å². The van der Waals surface area contributed by atoms with Crippen LogP contribution in [-0.4, -0.2) is 17.1 Å². The maximum atomic E-state index is 10.7. The van der Waals surface area contributed by atoms with E-state index in [2.05, 4.69) is 11.4 Å². The first-order valence-electron chi connectivity index (χ1n) is 4.76. The summed E-state index contributed by atoms with van der Waals surface area (Å²) < 4.78 is 0. The molecule has 1 heterocycles. The standard InChI is InChI=1S/C10H13NO2S/c12-10(13)8-3-4-9(8)11-6-7-2-1-5-14-7/h1-2,5,8-9,11H,3-4,6H2,(H,12,13). The van der Waals surface area contributed by atoms with Gasteiger partial charge in [-0.1, -0.05) is 6.07 Å². The van der Waals surface area contributed by atoms with E-state index in [0.717, 1.165) is 19.4 Å². The highest BCUT2D eigenvalue weighted by Gasteiger charge is 2.35. The Bertz CT molecular complexity index is 310. The second-order valence-electron chi connectivity index (χ2n) is 3.59. The molecule has 2 N–H and O–H groups in total. The van der Waals surface area contributed by atoms with Crippen LogP contribution in [0, 0.1) is 5.92 Å². The minimum Gasteiger partial charge on any atom is -0.481 e. The summed E-state index contributed by atoms with van der Waals surface area (Å²) in [5, 5.41) is 14.1. The van der Waals surface area contributed by atoms with Gasteiger partial charge in [-0.25, -0.2) is 0 Å². The van der Waals surface area contributed by atoms with Crippen LogP contribution >= 0.6 is 11.3 Å². The van der Waals surface area contributed by atoms with Crippen molar-refractivity contribution in [1.82, 2.24) is 5.32 Å². The average Bonchev–Trinajstić information content (AvgIpc) is 2.53. The predicted molar refractivity (Wildman–Crippen MR) is 55.3 cm³/mol. The van der Waals surface area contributed by atoms with Gasteiger partial charge >= 0.3 is 5.97 Å². The minimum absolute atomic E-state index is 0.171. The zero-order valence-corrected chi connectivity index (χ0v) is 8.59.